The Balaban J connectivity index is 2.16. The average molecular weight is 325 g/mol. The SMILES string of the molecule is CCc1cccc(CC)c1NC(=O)[C@H](CC)Oc1ccc(C)cc1. The van der Waals surface area contributed by atoms with Gasteiger partial charge in [-0.3, -0.25) is 4.79 Å². The van der Waals surface area contributed by atoms with Gasteiger partial charge < -0.3 is 10.1 Å². The second-order valence-corrected chi connectivity index (χ2v) is 5.98. The van der Waals surface area contributed by atoms with E-state index in [1.807, 2.05) is 44.2 Å². The number of hydrogen-bond donors (Lipinski definition) is 1. The van der Waals surface area contributed by atoms with Crippen LogP contribution in [-0.4, -0.2) is 12.0 Å². The van der Waals surface area contributed by atoms with E-state index >= 15 is 0 Å². The number of benzene rings is 2. The molecule has 3 nitrogen and oxygen atoms in total. The molecular formula is C21H27NO2. The molecule has 0 saturated carbocycles. The van der Waals surface area contributed by atoms with E-state index in [1.165, 1.54) is 5.56 Å². The fraction of sp³-hybridized carbons (Fsp3) is 0.381. The zero-order valence-corrected chi connectivity index (χ0v) is 15.1. The van der Waals surface area contributed by atoms with E-state index in [9.17, 15) is 4.79 Å². The smallest absolute Gasteiger partial charge is 0.265 e. The molecule has 1 N–H and O–H groups in total. The Kier molecular flexibility index (Phi) is 6.42. The van der Waals surface area contributed by atoms with Crippen molar-refractivity contribution in [2.45, 2.75) is 53.1 Å². The van der Waals surface area contributed by atoms with Gasteiger partial charge in [0.05, 0.1) is 0 Å². The topological polar surface area (TPSA) is 38.3 Å². The molecule has 0 saturated heterocycles. The summed E-state index contributed by atoms with van der Waals surface area (Å²) in [6.45, 7) is 8.20. The Morgan fingerprint density at radius 1 is 1.00 bits per heavy atom. The van der Waals surface area contributed by atoms with E-state index in [-0.39, 0.29) is 5.91 Å². The highest BCUT2D eigenvalue weighted by molar-refractivity contribution is 5.95. The summed E-state index contributed by atoms with van der Waals surface area (Å²) in [6.07, 6.45) is 1.90. The number of para-hydroxylation sites is 1. The molecule has 0 unspecified atom stereocenters. The number of ether oxygens (including phenoxy) is 1. The van der Waals surface area contributed by atoms with Crippen LogP contribution in [0, 0.1) is 6.92 Å². The van der Waals surface area contributed by atoms with E-state index < -0.39 is 6.10 Å². The Labute approximate surface area is 145 Å². The van der Waals surface area contributed by atoms with Crippen LogP contribution < -0.4 is 10.1 Å². The van der Waals surface area contributed by atoms with Gasteiger partial charge in [0.1, 0.15) is 5.75 Å². The van der Waals surface area contributed by atoms with Crippen molar-refractivity contribution in [1.29, 1.82) is 0 Å². The van der Waals surface area contributed by atoms with Crippen molar-refractivity contribution < 1.29 is 9.53 Å². The summed E-state index contributed by atoms with van der Waals surface area (Å²) in [5.74, 6) is 0.635. The largest absolute Gasteiger partial charge is 0.481 e. The van der Waals surface area contributed by atoms with Crippen LogP contribution in [0.5, 0.6) is 5.75 Å². The van der Waals surface area contributed by atoms with E-state index in [1.54, 1.807) is 0 Å². The molecule has 24 heavy (non-hydrogen) atoms. The van der Waals surface area contributed by atoms with Gasteiger partial charge in [-0.15, -0.1) is 0 Å². The molecule has 0 radical (unpaired) electrons. The first kappa shape index (κ1) is 18.1. The first-order valence-corrected chi connectivity index (χ1v) is 8.73. The van der Waals surface area contributed by atoms with Crippen molar-refractivity contribution in [1.82, 2.24) is 0 Å². The van der Waals surface area contributed by atoms with Crippen LogP contribution in [0.3, 0.4) is 0 Å². The highest BCUT2D eigenvalue weighted by atomic mass is 16.5. The van der Waals surface area contributed by atoms with Gasteiger partial charge in [0.2, 0.25) is 0 Å². The Hall–Kier alpha value is -2.29. The summed E-state index contributed by atoms with van der Waals surface area (Å²) >= 11 is 0. The fourth-order valence-electron chi connectivity index (χ4n) is 2.71. The molecule has 0 aliphatic rings. The monoisotopic (exact) mass is 325 g/mol. The lowest BCUT2D eigenvalue weighted by atomic mass is 10.0. The number of carbonyl (C=O) groups is 1. The van der Waals surface area contributed by atoms with Crippen LogP contribution in [0.25, 0.3) is 0 Å². The number of aryl methyl sites for hydroxylation is 3. The maximum absolute atomic E-state index is 12.7. The number of anilines is 1. The van der Waals surface area contributed by atoms with Gasteiger partial charge in [0.15, 0.2) is 6.10 Å². The maximum Gasteiger partial charge on any atom is 0.265 e. The molecule has 2 rings (SSSR count). The van der Waals surface area contributed by atoms with Crippen LogP contribution in [0.1, 0.15) is 43.9 Å². The standard InChI is InChI=1S/C21H27NO2/c1-5-16-9-8-10-17(6-2)20(16)22-21(23)19(7-3)24-18-13-11-15(4)12-14-18/h8-14,19H,5-7H2,1-4H3,(H,22,23)/t19-/m0/s1. The van der Waals surface area contributed by atoms with Crippen LogP contribution in [0.15, 0.2) is 42.5 Å². The molecule has 2 aromatic carbocycles. The van der Waals surface area contributed by atoms with Crippen molar-refractivity contribution in [3.05, 3.63) is 59.2 Å². The molecule has 2 aromatic rings. The summed E-state index contributed by atoms with van der Waals surface area (Å²) in [5.41, 5.74) is 4.43. The predicted molar refractivity (Wildman–Crippen MR) is 99.7 cm³/mol. The van der Waals surface area contributed by atoms with E-state index in [4.69, 9.17) is 4.74 Å². The molecule has 0 bridgehead atoms. The molecule has 0 aromatic heterocycles. The summed E-state index contributed by atoms with van der Waals surface area (Å²) in [5, 5.41) is 3.10. The van der Waals surface area contributed by atoms with E-state index in [2.05, 4.69) is 31.3 Å². The van der Waals surface area contributed by atoms with Gasteiger partial charge in [-0.1, -0.05) is 56.7 Å². The highest BCUT2D eigenvalue weighted by Gasteiger charge is 2.20. The van der Waals surface area contributed by atoms with Gasteiger partial charge in [-0.25, -0.2) is 0 Å². The average Bonchev–Trinajstić information content (AvgIpc) is 2.61. The fourth-order valence-corrected chi connectivity index (χ4v) is 2.71. The summed E-state index contributed by atoms with van der Waals surface area (Å²) < 4.78 is 5.89. The molecule has 3 heteroatoms. The van der Waals surface area contributed by atoms with Gasteiger partial charge in [-0.2, -0.15) is 0 Å². The Morgan fingerprint density at radius 3 is 2.08 bits per heavy atom. The predicted octanol–water partition coefficient (Wildman–Crippen LogP) is 4.92. The first-order valence-electron chi connectivity index (χ1n) is 8.73. The molecular weight excluding hydrogens is 298 g/mol. The van der Waals surface area contributed by atoms with Crippen LogP contribution in [0.4, 0.5) is 5.69 Å². The Bertz CT molecular complexity index is 654. The number of hydrogen-bond acceptors (Lipinski definition) is 2. The van der Waals surface area contributed by atoms with Crippen molar-refractivity contribution in [3.63, 3.8) is 0 Å². The number of nitrogens with one attached hydrogen (secondary N) is 1. The summed E-state index contributed by atoms with van der Waals surface area (Å²) in [6, 6.07) is 14.0. The van der Waals surface area contributed by atoms with E-state index in [0.29, 0.717) is 6.42 Å². The minimum atomic E-state index is -0.498. The molecule has 128 valence electrons. The third-order valence-electron chi connectivity index (χ3n) is 4.21. The third-order valence-corrected chi connectivity index (χ3v) is 4.21. The zero-order chi connectivity index (χ0) is 17.5. The van der Waals surface area contributed by atoms with Gasteiger partial charge >= 0.3 is 0 Å². The number of rotatable bonds is 7. The minimum absolute atomic E-state index is 0.0892. The summed E-state index contributed by atoms with van der Waals surface area (Å²) in [7, 11) is 0. The third kappa shape index (κ3) is 4.38. The van der Waals surface area contributed by atoms with Gasteiger partial charge in [0.25, 0.3) is 5.91 Å². The molecule has 0 aliphatic carbocycles. The number of carbonyl (C=O) groups excluding carboxylic acids is 1. The van der Waals surface area contributed by atoms with Gasteiger partial charge in [-0.05, 0) is 49.4 Å². The number of amides is 1. The quantitative estimate of drug-likeness (QED) is 0.785. The molecule has 0 heterocycles. The van der Waals surface area contributed by atoms with Gasteiger partial charge in [0, 0.05) is 5.69 Å². The maximum atomic E-state index is 12.7. The van der Waals surface area contributed by atoms with Crippen molar-refractivity contribution in [2.75, 3.05) is 5.32 Å². The van der Waals surface area contributed by atoms with Crippen molar-refractivity contribution in [2.24, 2.45) is 0 Å². The van der Waals surface area contributed by atoms with Crippen molar-refractivity contribution >= 4 is 11.6 Å². The molecule has 1 amide bonds. The normalized spacial score (nSPS) is 11.8. The second kappa shape index (κ2) is 8.53. The lowest BCUT2D eigenvalue weighted by Gasteiger charge is -2.20. The lowest BCUT2D eigenvalue weighted by molar-refractivity contribution is -0.122. The van der Waals surface area contributed by atoms with Crippen LogP contribution in [-0.2, 0) is 17.6 Å². The zero-order valence-electron chi connectivity index (χ0n) is 15.1. The van der Waals surface area contributed by atoms with Crippen LogP contribution in [0.2, 0.25) is 0 Å². The summed E-state index contributed by atoms with van der Waals surface area (Å²) in [4.78, 5) is 12.7. The molecule has 0 spiro atoms. The van der Waals surface area contributed by atoms with E-state index in [0.717, 1.165) is 35.4 Å². The van der Waals surface area contributed by atoms with Crippen LogP contribution >= 0.6 is 0 Å². The molecule has 0 fully saturated rings. The Morgan fingerprint density at radius 2 is 1.58 bits per heavy atom. The first-order chi connectivity index (χ1) is 11.6. The molecule has 0 aliphatic heterocycles. The second-order valence-electron chi connectivity index (χ2n) is 5.98. The lowest BCUT2D eigenvalue weighted by Crippen LogP contribution is -2.33. The molecule has 1 atom stereocenters. The highest BCUT2D eigenvalue weighted by Crippen LogP contribution is 2.23. The minimum Gasteiger partial charge on any atom is -0.481 e. The van der Waals surface area contributed by atoms with Crippen molar-refractivity contribution in [3.8, 4) is 5.75 Å².